The van der Waals surface area contributed by atoms with Crippen molar-refractivity contribution >= 4 is 23.1 Å². The molecule has 0 bridgehead atoms. The lowest BCUT2D eigenvalue weighted by molar-refractivity contribution is 0.982. The van der Waals surface area contributed by atoms with Crippen LogP contribution in [0.4, 0.5) is 5.69 Å². The Morgan fingerprint density at radius 3 is 2.18 bits per heavy atom. The smallest absolute Gasteiger partial charge is 0.0801 e. The highest BCUT2D eigenvalue weighted by atomic mass is 32.1. The van der Waals surface area contributed by atoms with Crippen LogP contribution in [-0.2, 0) is 6.54 Å². The van der Waals surface area contributed by atoms with Crippen LogP contribution >= 0.6 is 12.2 Å². The normalized spacial score (nSPS) is 8.59. The van der Waals surface area contributed by atoms with E-state index in [9.17, 15) is 0 Å². The summed E-state index contributed by atoms with van der Waals surface area (Å²) in [4.78, 5) is 5.83. The number of aliphatic imine (C=N–C) groups is 1. The van der Waals surface area contributed by atoms with E-state index in [0.717, 1.165) is 11.3 Å². The SMILES string of the molecule is C#CCN(CC#C)c1ccc(CN=C=S)cc1. The summed E-state index contributed by atoms with van der Waals surface area (Å²) in [6, 6.07) is 7.91. The van der Waals surface area contributed by atoms with E-state index >= 15 is 0 Å². The van der Waals surface area contributed by atoms with Gasteiger partial charge in [0, 0.05) is 5.69 Å². The van der Waals surface area contributed by atoms with Crippen molar-refractivity contribution < 1.29 is 0 Å². The first-order valence-electron chi connectivity index (χ1n) is 5.06. The van der Waals surface area contributed by atoms with Gasteiger partial charge in [0.2, 0.25) is 0 Å². The second-order valence-corrected chi connectivity index (χ2v) is 3.52. The summed E-state index contributed by atoms with van der Waals surface area (Å²) in [5.74, 6) is 5.18. The van der Waals surface area contributed by atoms with E-state index in [-0.39, 0.29) is 0 Å². The fourth-order valence-electron chi connectivity index (χ4n) is 1.39. The van der Waals surface area contributed by atoms with Gasteiger partial charge in [0.1, 0.15) is 0 Å². The molecule has 0 atom stereocenters. The van der Waals surface area contributed by atoms with Gasteiger partial charge in [-0.25, -0.2) is 4.99 Å². The van der Waals surface area contributed by atoms with E-state index in [1.165, 1.54) is 0 Å². The molecule has 0 unspecified atom stereocenters. The topological polar surface area (TPSA) is 15.6 Å². The summed E-state index contributed by atoms with van der Waals surface area (Å²) < 4.78 is 0. The maximum Gasteiger partial charge on any atom is 0.0801 e. The average Bonchev–Trinajstić information content (AvgIpc) is 2.37. The van der Waals surface area contributed by atoms with Crippen LogP contribution in [0.15, 0.2) is 29.3 Å². The number of nitrogens with zero attached hydrogens (tertiary/aromatic N) is 2. The van der Waals surface area contributed by atoms with Crippen molar-refractivity contribution in [3.8, 4) is 24.7 Å². The van der Waals surface area contributed by atoms with Crippen LogP contribution in [0.5, 0.6) is 0 Å². The Morgan fingerprint density at radius 1 is 1.12 bits per heavy atom. The summed E-state index contributed by atoms with van der Waals surface area (Å²) in [5, 5.41) is 2.34. The van der Waals surface area contributed by atoms with Gasteiger partial charge in [0.05, 0.1) is 24.8 Å². The van der Waals surface area contributed by atoms with Crippen molar-refractivity contribution in [2.45, 2.75) is 6.54 Å². The molecular formula is C14H12N2S. The highest BCUT2D eigenvalue weighted by molar-refractivity contribution is 7.78. The van der Waals surface area contributed by atoms with Crippen molar-refractivity contribution in [2.24, 2.45) is 4.99 Å². The minimum absolute atomic E-state index is 0.502. The van der Waals surface area contributed by atoms with Crippen molar-refractivity contribution in [3.05, 3.63) is 29.8 Å². The Morgan fingerprint density at radius 2 is 1.71 bits per heavy atom. The average molecular weight is 240 g/mol. The quantitative estimate of drug-likeness (QED) is 0.446. The predicted octanol–water partition coefficient (Wildman–Crippen LogP) is 2.36. The Bertz CT molecular complexity index is 468. The minimum atomic E-state index is 0.502. The molecule has 0 fully saturated rings. The molecule has 0 radical (unpaired) electrons. The molecule has 0 heterocycles. The van der Waals surface area contributed by atoms with Crippen molar-refractivity contribution in [3.63, 3.8) is 0 Å². The van der Waals surface area contributed by atoms with Crippen molar-refractivity contribution in [2.75, 3.05) is 18.0 Å². The number of hydrogen-bond donors (Lipinski definition) is 0. The molecule has 1 aromatic rings. The van der Waals surface area contributed by atoms with Crippen LogP contribution in [0, 0.1) is 24.7 Å². The Labute approximate surface area is 107 Å². The predicted molar refractivity (Wildman–Crippen MR) is 75.1 cm³/mol. The van der Waals surface area contributed by atoms with Crippen molar-refractivity contribution in [1.82, 2.24) is 0 Å². The van der Waals surface area contributed by atoms with E-state index in [1.54, 1.807) is 0 Å². The first kappa shape index (κ1) is 13.0. The molecule has 0 spiro atoms. The van der Waals surface area contributed by atoms with E-state index in [4.69, 9.17) is 12.8 Å². The minimum Gasteiger partial charge on any atom is -0.349 e. The van der Waals surface area contributed by atoms with Gasteiger partial charge in [-0.05, 0) is 29.9 Å². The maximum absolute atomic E-state index is 5.30. The molecule has 17 heavy (non-hydrogen) atoms. The lowest BCUT2D eigenvalue weighted by atomic mass is 10.2. The lowest BCUT2D eigenvalue weighted by Crippen LogP contribution is -2.23. The molecule has 84 valence electrons. The van der Waals surface area contributed by atoms with Gasteiger partial charge in [0.15, 0.2) is 0 Å². The summed E-state index contributed by atoms with van der Waals surface area (Å²) in [7, 11) is 0. The van der Waals surface area contributed by atoms with Gasteiger partial charge in [-0.15, -0.1) is 12.8 Å². The first-order chi connectivity index (χ1) is 8.31. The lowest BCUT2D eigenvalue weighted by Gasteiger charge is -2.19. The van der Waals surface area contributed by atoms with E-state index in [0.29, 0.717) is 19.6 Å². The molecule has 0 aromatic heterocycles. The molecule has 0 aliphatic heterocycles. The number of thiocarbonyl (C=S) groups is 1. The molecule has 0 saturated carbocycles. The van der Waals surface area contributed by atoms with Crippen LogP contribution < -0.4 is 4.90 Å². The first-order valence-corrected chi connectivity index (χ1v) is 5.47. The summed E-state index contributed by atoms with van der Waals surface area (Å²) in [5.41, 5.74) is 2.09. The molecule has 0 saturated heterocycles. The van der Waals surface area contributed by atoms with Crippen LogP contribution in [0.2, 0.25) is 0 Å². The van der Waals surface area contributed by atoms with E-state index in [2.05, 4.69) is 34.2 Å². The van der Waals surface area contributed by atoms with E-state index in [1.807, 2.05) is 29.2 Å². The fourth-order valence-corrected chi connectivity index (χ4v) is 1.46. The molecule has 0 aliphatic rings. The van der Waals surface area contributed by atoms with Gasteiger partial charge in [0.25, 0.3) is 0 Å². The third-order valence-corrected chi connectivity index (χ3v) is 2.32. The van der Waals surface area contributed by atoms with E-state index < -0.39 is 0 Å². The Hall–Kier alpha value is -2.06. The van der Waals surface area contributed by atoms with Gasteiger partial charge in [-0.3, -0.25) is 0 Å². The van der Waals surface area contributed by atoms with Crippen LogP contribution in [0.3, 0.4) is 0 Å². The summed E-state index contributed by atoms with van der Waals surface area (Å²) in [6.45, 7) is 1.55. The van der Waals surface area contributed by atoms with Gasteiger partial charge < -0.3 is 4.90 Å². The number of hydrogen-bond acceptors (Lipinski definition) is 3. The standard InChI is InChI=1S/C14H12N2S/c1-3-9-16(10-4-2)14-7-5-13(6-8-14)11-15-12-17/h1-2,5-8H,9-11H2. The number of isothiocyanates is 1. The number of benzene rings is 1. The van der Waals surface area contributed by atoms with Gasteiger partial charge in [-0.2, -0.15) is 0 Å². The second kappa shape index (κ2) is 7.25. The van der Waals surface area contributed by atoms with Crippen molar-refractivity contribution in [1.29, 1.82) is 0 Å². The molecule has 1 aromatic carbocycles. The zero-order valence-electron chi connectivity index (χ0n) is 9.39. The van der Waals surface area contributed by atoms with Crippen LogP contribution in [0.25, 0.3) is 0 Å². The van der Waals surface area contributed by atoms with Crippen LogP contribution in [0.1, 0.15) is 5.56 Å². The molecule has 0 N–H and O–H groups in total. The maximum atomic E-state index is 5.30. The highest BCUT2D eigenvalue weighted by Gasteiger charge is 2.02. The fraction of sp³-hybridized carbons (Fsp3) is 0.214. The molecule has 0 aliphatic carbocycles. The molecule has 0 amide bonds. The second-order valence-electron chi connectivity index (χ2n) is 3.34. The molecular weight excluding hydrogens is 228 g/mol. The number of terminal acetylenes is 2. The zero-order valence-corrected chi connectivity index (χ0v) is 10.2. The third kappa shape index (κ3) is 4.13. The third-order valence-electron chi connectivity index (χ3n) is 2.19. The summed E-state index contributed by atoms with van der Waals surface area (Å²) in [6.07, 6.45) is 10.6. The van der Waals surface area contributed by atoms with Crippen LogP contribution in [-0.4, -0.2) is 18.3 Å². The van der Waals surface area contributed by atoms with Gasteiger partial charge in [-0.1, -0.05) is 24.0 Å². The molecule has 1 rings (SSSR count). The summed E-state index contributed by atoms with van der Waals surface area (Å²) >= 11 is 4.52. The molecule has 2 nitrogen and oxygen atoms in total. The monoisotopic (exact) mass is 240 g/mol. The zero-order chi connectivity index (χ0) is 12.5. The largest absolute Gasteiger partial charge is 0.349 e. The Balaban J connectivity index is 2.81. The number of rotatable bonds is 5. The number of anilines is 1. The molecule has 3 heteroatoms. The van der Waals surface area contributed by atoms with Gasteiger partial charge >= 0.3 is 0 Å². The highest BCUT2D eigenvalue weighted by Crippen LogP contribution is 2.15. The Kier molecular flexibility index (Phi) is 5.55.